The number of nitrogens with one attached hydrogen (secondary N) is 2. The molecule has 0 unspecified atom stereocenters. The SMILES string of the molecule is Cc1cc(C)cc(Nc2ccnc(C(=O)NCCCN(C)C)c2)c1. The number of pyridine rings is 1. The topological polar surface area (TPSA) is 57.3 Å². The molecule has 0 atom stereocenters. The summed E-state index contributed by atoms with van der Waals surface area (Å²) in [5.41, 5.74) is 4.69. The molecule has 2 rings (SSSR count). The molecule has 5 heteroatoms. The summed E-state index contributed by atoms with van der Waals surface area (Å²) in [6, 6.07) is 9.92. The van der Waals surface area contributed by atoms with Gasteiger partial charge in [-0.3, -0.25) is 9.78 Å². The number of benzene rings is 1. The molecule has 2 aromatic rings. The molecule has 0 spiro atoms. The average molecular weight is 326 g/mol. The van der Waals surface area contributed by atoms with Crippen LogP contribution in [0.3, 0.4) is 0 Å². The Balaban J connectivity index is 1.99. The summed E-state index contributed by atoms with van der Waals surface area (Å²) in [5, 5.41) is 6.24. The third-order valence-corrected chi connectivity index (χ3v) is 3.57. The number of hydrogen-bond donors (Lipinski definition) is 2. The second kappa shape index (κ2) is 8.45. The summed E-state index contributed by atoms with van der Waals surface area (Å²) in [5.74, 6) is -0.141. The molecule has 0 saturated heterocycles. The van der Waals surface area contributed by atoms with Gasteiger partial charge in [0.15, 0.2) is 0 Å². The average Bonchev–Trinajstić information content (AvgIpc) is 2.50. The van der Waals surface area contributed by atoms with Gasteiger partial charge in [-0.15, -0.1) is 0 Å². The van der Waals surface area contributed by atoms with Crippen LogP contribution in [-0.2, 0) is 0 Å². The van der Waals surface area contributed by atoms with Crippen molar-refractivity contribution in [1.29, 1.82) is 0 Å². The fourth-order valence-electron chi connectivity index (χ4n) is 2.53. The van der Waals surface area contributed by atoms with Gasteiger partial charge in [-0.05, 0) is 76.3 Å². The molecule has 1 heterocycles. The van der Waals surface area contributed by atoms with E-state index in [4.69, 9.17) is 0 Å². The zero-order chi connectivity index (χ0) is 17.5. The molecule has 24 heavy (non-hydrogen) atoms. The van der Waals surface area contributed by atoms with Gasteiger partial charge in [0.05, 0.1) is 0 Å². The van der Waals surface area contributed by atoms with Gasteiger partial charge < -0.3 is 15.5 Å². The van der Waals surface area contributed by atoms with E-state index in [0.29, 0.717) is 12.2 Å². The Bertz CT molecular complexity index is 677. The van der Waals surface area contributed by atoms with Gasteiger partial charge in [-0.2, -0.15) is 0 Å². The molecule has 0 aliphatic rings. The van der Waals surface area contributed by atoms with Crippen LogP contribution in [0.15, 0.2) is 36.5 Å². The minimum absolute atomic E-state index is 0.141. The Hall–Kier alpha value is -2.40. The third-order valence-electron chi connectivity index (χ3n) is 3.57. The molecule has 1 amide bonds. The maximum absolute atomic E-state index is 12.2. The van der Waals surface area contributed by atoms with Crippen molar-refractivity contribution in [3.8, 4) is 0 Å². The van der Waals surface area contributed by atoms with Crippen LogP contribution >= 0.6 is 0 Å². The Kier molecular flexibility index (Phi) is 6.32. The molecule has 0 radical (unpaired) electrons. The van der Waals surface area contributed by atoms with Crippen molar-refractivity contribution in [2.24, 2.45) is 0 Å². The first kappa shape index (κ1) is 17.9. The molecule has 0 aliphatic carbocycles. The van der Waals surface area contributed by atoms with Gasteiger partial charge in [0.2, 0.25) is 0 Å². The molecule has 1 aromatic carbocycles. The second-order valence-electron chi connectivity index (χ2n) is 6.34. The van der Waals surface area contributed by atoms with Crippen LogP contribution in [0, 0.1) is 13.8 Å². The summed E-state index contributed by atoms with van der Waals surface area (Å²) in [6.07, 6.45) is 2.57. The number of carbonyl (C=O) groups excluding carboxylic acids is 1. The van der Waals surface area contributed by atoms with Gasteiger partial charge in [-0.25, -0.2) is 0 Å². The highest BCUT2D eigenvalue weighted by Crippen LogP contribution is 2.19. The Morgan fingerprint density at radius 2 is 1.79 bits per heavy atom. The highest BCUT2D eigenvalue weighted by atomic mass is 16.1. The Morgan fingerprint density at radius 1 is 1.08 bits per heavy atom. The molecule has 0 saturated carbocycles. The van der Waals surface area contributed by atoms with E-state index >= 15 is 0 Å². The first-order valence-corrected chi connectivity index (χ1v) is 8.18. The lowest BCUT2D eigenvalue weighted by atomic mass is 10.1. The molecule has 0 fully saturated rings. The number of anilines is 2. The van der Waals surface area contributed by atoms with E-state index in [1.165, 1.54) is 11.1 Å². The lowest BCUT2D eigenvalue weighted by Gasteiger charge is -2.11. The highest BCUT2D eigenvalue weighted by Gasteiger charge is 2.08. The van der Waals surface area contributed by atoms with Gasteiger partial charge in [0.25, 0.3) is 5.91 Å². The number of hydrogen-bond acceptors (Lipinski definition) is 4. The van der Waals surface area contributed by atoms with E-state index in [1.807, 2.05) is 20.2 Å². The van der Waals surface area contributed by atoms with Crippen molar-refractivity contribution in [1.82, 2.24) is 15.2 Å². The molecule has 0 bridgehead atoms. The zero-order valence-electron chi connectivity index (χ0n) is 14.9. The van der Waals surface area contributed by atoms with Crippen LogP contribution in [0.4, 0.5) is 11.4 Å². The van der Waals surface area contributed by atoms with Crippen molar-refractivity contribution in [3.05, 3.63) is 53.3 Å². The fraction of sp³-hybridized carbons (Fsp3) is 0.368. The van der Waals surface area contributed by atoms with Crippen LogP contribution in [0.25, 0.3) is 0 Å². The summed E-state index contributed by atoms with van der Waals surface area (Å²) < 4.78 is 0. The van der Waals surface area contributed by atoms with Crippen LogP contribution < -0.4 is 10.6 Å². The zero-order valence-corrected chi connectivity index (χ0v) is 14.9. The predicted molar refractivity (Wildman–Crippen MR) is 98.9 cm³/mol. The van der Waals surface area contributed by atoms with E-state index in [0.717, 1.165) is 24.3 Å². The van der Waals surface area contributed by atoms with Crippen molar-refractivity contribution in [2.45, 2.75) is 20.3 Å². The minimum Gasteiger partial charge on any atom is -0.355 e. The number of aryl methyl sites for hydroxylation is 2. The maximum Gasteiger partial charge on any atom is 0.269 e. The van der Waals surface area contributed by atoms with E-state index in [-0.39, 0.29) is 5.91 Å². The van der Waals surface area contributed by atoms with E-state index in [1.54, 1.807) is 12.3 Å². The summed E-state index contributed by atoms with van der Waals surface area (Å²) in [7, 11) is 4.04. The van der Waals surface area contributed by atoms with Crippen molar-refractivity contribution < 1.29 is 4.79 Å². The fourth-order valence-corrected chi connectivity index (χ4v) is 2.53. The summed E-state index contributed by atoms with van der Waals surface area (Å²) in [4.78, 5) is 18.5. The van der Waals surface area contributed by atoms with Crippen molar-refractivity contribution >= 4 is 17.3 Å². The lowest BCUT2D eigenvalue weighted by molar-refractivity contribution is 0.0947. The van der Waals surface area contributed by atoms with Crippen LogP contribution in [-0.4, -0.2) is 43.0 Å². The van der Waals surface area contributed by atoms with E-state index < -0.39 is 0 Å². The first-order chi connectivity index (χ1) is 11.4. The van der Waals surface area contributed by atoms with Gasteiger partial charge in [0, 0.05) is 24.1 Å². The second-order valence-corrected chi connectivity index (χ2v) is 6.34. The molecule has 1 aromatic heterocycles. The Labute approximate surface area is 144 Å². The highest BCUT2D eigenvalue weighted by molar-refractivity contribution is 5.93. The quantitative estimate of drug-likeness (QED) is 0.768. The summed E-state index contributed by atoms with van der Waals surface area (Å²) in [6.45, 7) is 5.73. The molecule has 128 valence electrons. The standard InChI is InChI=1S/C19H26N4O/c1-14-10-15(2)12-17(11-14)22-16-6-8-20-18(13-16)19(24)21-7-5-9-23(3)4/h6,8,10-13H,5,7,9H2,1-4H3,(H,20,22)(H,21,24). The summed E-state index contributed by atoms with van der Waals surface area (Å²) >= 11 is 0. The largest absolute Gasteiger partial charge is 0.355 e. The van der Waals surface area contributed by atoms with Gasteiger partial charge in [-0.1, -0.05) is 6.07 Å². The van der Waals surface area contributed by atoms with Crippen LogP contribution in [0.5, 0.6) is 0 Å². The van der Waals surface area contributed by atoms with Gasteiger partial charge in [0.1, 0.15) is 5.69 Å². The number of carbonyl (C=O) groups is 1. The van der Waals surface area contributed by atoms with Gasteiger partial charge >= 0.3 is 0 Å². The molecular weight excluding hydrogens is 300 g/mol. The Morgan fingerprint density at radius 3 is 2.46 bits per heavy atom. The monoisotopic (exact) mass is 326 g/mol. The number of rotatable bonds is 7. The molecular formula is C19H26N4O. The smallest absolute Gasteiger partial charge is 0.269 e. The molecule has 0 aliphatic heterocycles. The maximum atomic E-state index is 12.2. The van der Waals surface area contributed by atoms with Crippen LogP contribution in [0.2, 0.25) is 0 Å². The number of aromatic nitrogens is 1. The van der Waals surface area contributed by atoms with E-state index in [9.17, 15) is 4.79 Å². The number of nitrogens with zero attached hydrogens (tertiary/aromatic N) is 2. The minimum atomic E-state index is -0.141. The van der Waals surface area contributed by atoms with Crippen LogP contribution in [0.1, 0.15) is 28.0 Å². The molecule has 2 N–H and O–H groups in total. The van der Waals surface area contributed by atoms with E-state index in [2.05, 4.69) is 52.6 Å². The first-order valence-electron chi connectivity index (χ1n) is 8.18. The lowest BCUT2D eigenvalue weighted by Crippen LogP contribution is -2.27. The third kappa shape index (κ3) is 5.66. The number of amides is 1. The van der Waals surface area contributed by atoms with Crippen molar-refractivity contribution in [3.63, 3.8) is 0 Å². The predicted octanol–water partition coefficient (Wildman–Crippen LogP) is 3.12. The molecule has 5 nitrogen and oxygen atoms in total. The van der Waals surface area contributed by atoms with Crippen molar-refractivity contribution in [2.75, 3.05) is 32.5 Å². The normalized spacial score (nSPS) is 10.7.